The molecule has 3 rings (SSSR count). The predicted octanol–water partition coefficient (Wildman–Crippen LogP) is 4.19. The lowest BCUT2D eigenvalue weighted by molar-refractivity contribution is -0.149. The number of amides is 1. The summed E-state index contributed by atoms with van der Waals surface area (Å²) in [6.45, 7) is -0.914. The summed E-state index contributed by atoms with van der Waals surface area (Å²) in [7, 11) is 0. The summed E-state index contributed by atoms with van der Waals surface area (Å²) < 4.78 is 23.7. The minimum atomic E-state index is -0.718. The second kappa shape index (κ2) is 8.51. The third-order valence-corrected chi connectivity index (χ3v) is 3.88. The Kier molecular flexibility index (Phi) is 5.88. The topological polar surface area (TPSA) is 64.6 Å². The first-order chi connectivity index (χ1) is 13.0. The molecule has 27 heavy (non-hydrogen) atoms. The normalized spacial score (nSPS) is 10.4. The number of ether oxygens (including phenoxy) is 2. The Morgan fingerprint density at radius 2 is 1.74 bits per heavy atom. The first kappa shape index (κ1) is 18.7. The van der Waals surface area contributed by atoms with Gasteiger partial charge in [-0.25, -0.2) is 9.18 Å². The first-order valence-corrected chi connectivity index (χ1v) is 8.41. The van der Waals surface area contributed by atoms with Crippen molar-refractivity contribution in [1.82, 2.24) is 0 Å². The van der Waals surface area contributed by atoms with Gasteiger partial charge in [0.2, 0.25) is 0 Å². The maximum Gasteiger partial charge on any atom is 0.344 e. The Hall–Kier alpha value is -3.12. The number of fused-ring (bicyclic) bond motifs is 1. The van der Waals surface area contributed by atoms with Gasteiger partial charge in [-0.2, -0.15) is 0 Å². The molecule has 1 amide bonds. The number of carbonyl (C=O) groups is 2. The molecule has 3 aromatic rings. The molecule has 3 aromatic carbocycles. The number of rotatable bonds is 6. The molecule has 5 nitrogen and oxygen atoms in total. The maximum atomic E-state index is 13.5. The van der Waals surface area contributed by atoms with Crippen LogP contribution < -0.4 is 10.1 Å². The van der Waals surface area contributed by atoms with Crippen LogP contribution in [0.2, 0.25) is 5.02 Å². The van der Waals surface area contributed by atoms with Gasteiger partial charge in [-0.1, -0.05) is 41.9 Å². The molecule has 0 unspecified atom stereocenters. The number of nitrogens with one attached hydrogen (secondary N) is 1. The van der Waals surface area contributed by atoms with Crippen LogP contribution in [-0.2, 0) is 14.3 Å². The summed E-state index contributed by atoms with van der Waals surface area (Å²) >= 11 is 5.74. The quantitative estimate of drug-likeness (QED) is 0.644. The van der Waals surface area contributed by atoms with Gasteiger partial charge in [-0.15, -0.1) is 0 Å². The van der Waals surface area contributed by atoms with Gasteiger partial charge in [-0.3, -0.25) is 4.79 Å². The molecule has 0 fully saturated rings. The Morgan fingerprint density at radius 3 is 2.56 bits per heavy atom. The largest absolute Gasteiger partial charge is 0.482 e. The predicted molar refractivity (Wildman–Crippen MR) is 100 cm³/mol. The molecular formula is C20H15ClFNO4. The lowest BCUT2D eigenvalue weighted by Crippen LogP contribution is -2.24. The summed E-state index contributed by atoms with van der Waals surface area (Å²) in [6.07, 6.45) is 0. The van der Waals surface area contributed by atoms with Gasteiger partial charge in [0.1, 0.15) is 11.6 Å². The SMILES string of the molecule is O=C(COC(=O)COc1ccc2ccccc2c1)Nc1cc(Cl)ccc1F. The Bertz CT molecular complexity index is 993. The van der Waals surface area contributed by atoms with Crippen molar-refractivity contribution in [3.8, 4) is 5.75 Å². The van der Waals surface area contributed by atoms with Gasteiger partial charge in [0, 0.05) is 5.02 Å². The zero-order valence-corrected chi connectivity index (χ0v) is 14.8. The summed E-state index contributed by atoms with van der Waals surface area (Å²) in [5, 5.41) is 4.59. The number of halogens is 2. The van der Waals surface area contributed by atoms with Crippen molar-refractivity contribution in [2.75, 3.05) is 18.5 Å². The van der Waals surface area contributed by atoms with Gasteiger partial charge in [0.25, 0.3) is 5.91 Å². The van der Waals surface area contributed by atoms with Gasteiger partial charge in [-0.05, 0) is 41.1 Å². The maximum absolute atomic E-state index is 13.5. The average molecular weight is 388 g/mol. The van der Waals surface area contributed by atoms with Crippen LogP contribution in [0.4, 0.5) is 10.1 Å². The van der Waals surface area contributed by atoms with E-state index in [2.05, 4.69) is 5.32 Å². The third-order valence-electron chi connectivity index (χ3n) is 3.64. The highest BCUT2D eigenvalue weighted by Crippen LogP contribution is 2.21. The summed E-state index contributed by atoms with van der Waals surface area (Å²) in [5.41, 5.74) is -0.0871. The molecule has 0 aliphatic rings. The van der Waals surface area contributed by atoms with Crippen LogP contribution in [0.25, 0.3) is 10.8 Å². The number of anilines is 1. The molecule has 138 valence electrons. The fourth-order valence-corrected chi connectivity index (χ4v) is 2.54. The Labute approximate surface area is 159 Å². The van der Waals surface area contributed by atoms with Crippen LogP contribution in [0.5, 0.6) is 5.75 Å². The second-order valence-corrected chi connectivity index (χ2v) is 6.07. The van der Waals surface area contributed by atoms with Crippen LogP contribution in [-0.4, -0.2) is 25.1 Å². The van der Waals surface area contributed by atoms with Gasteiger partial charge < -0.3 is 14.8 Å². The van der Waals surface area contributed by atoms with E-state index in [0.29, 0.717) is 5.75 Å². The molecular weight excluding hydrogens is 373 g/mol. The molecule has 0 radical (unpaired) electrons. The molecule has 7 heteroatoms. The lowest BCUT2D eigenvalue weighted by Gasteiger charge is -2.09. The number of carbonyl (C=O) groups excluding carboxylic acids is 2. The van der Waals surface area contributed by atoms with E-state index in [1.54, 1.807) is 12.1 Å². The van der Waals surface area contributed by atoms with Crippen LogP contribution >= 0.6 is 11.6 Å². The van der Waals surface area contributed by atoms with Gasteiger partial charge >= 0.3 is 5.97 Å². The van der Waals surface area contributed by atoms with Crippen molar-refractivity contribution in [3.63, 3.8) is 0 Å². The molecule has 1 N–H and O–H groups in total. The summed E-state index contributed by atoms with van der Waals surface area (Å²) in [6, 6.07) is 16.9. The van der Waals surface area contributed by atoms with Crippen molar-refractivity contribution in [2.45, 2.75) is 0 Å². The smallest absolute Gasteiger partial charge is 0.344 e. The zero-order valence-electron chi connectivity index (χ0n) is 14.1. The molecule has 0 aliphatic carbocycles. The van der Waals surface area contributed by atoms with Crippen molar-refractivity contribution in [3.05, 3.63) is 71.5 Å². The van der Waals surface area contributed by atoms with E-state index in [-0.39, 0.29) is 17.3 Å². The van der Waals surface area contributed by atoms with E-state index >= 15 is 0 Å². The molecule has 0 bridgehead atoms. The highest BCUT2D eigenvalue weighted by Gasteiger charge is 2.11. The van der Waals surface area contributed by atoms with Crippen molar-refractivity contribution in [2.24, 2.45) is 0 Å². The van der Waals surface area contributed by atoms with Crippen LogP contribution in [0.1, 0.15) is 0 Å². The lowest BCUT2D eigenvalue weighted by atomic mass is 10.1. The number of hydrogen-bond donors (Lipinski definition) is 1. The number of benzene rings is 3. The number of hydrogen-bond acceptors (Lipinski definition) is 4. The summed E-state index contributed by atoms with van der Waals surface area (Å²) in [5.74, 6) is -1.53. The molecule has 0 saturated carbocycles. The van der Waals surface area contributed by atoms with Gasteiger partial charge in [0.05, 0.1) is 5.69 Å². The highest BCUT2D eigenvalue weighted by atomic mass is 35.5. The third kappa shape index (κ3) is 5.18. The second-order valence-electron chi connectivity index (χ2n) is 5.63. The zero-order chi connectivity index (χ0) is 19.2. The van der Waals surface area contributed by atoms with Crippen molar-refractivity contribution in [1.29, 1.82) is 0 Å². The minimum absolute atomic E-state index is 0.0871. The van der Waals surface area contributed by atoms with E-state index in [1.807, 2.05) is 30.3 Å². The standard InChI is InChI=1S/C20H15ClFNO4/c21-15-6-8-17(22)18(10-15)23-19(24)11-27-20(25)12-26-16-7-5-13-3-1-2-4-14(13)9-16/h1-10H,11-12H2,(H,23,24). The summed E-state index contributed by atoms with van der Waals surface area (Å²) in [4.78, 5) is 23.5. The molecule has 0 aliphatic heterocycles. The fraction of sp³-hybridized carbons (Fsp3) is 0.100. The van der Waals surface area contributed by atoms with E-state index < -0.39 is 24.3 Å². The van der Waals surface area contributed by atoms with E-state index in [1.165, 1.54) is 12.1 Å². The van der Waals surface area contributed by atoms with Crippen molar-refractivity contribution < 1.29 is 23.5 Å². The first-order valence-electron chi connectivity index (χ1n) is 8.03. The highest BCUT2D eigenvalue weighted by molar-refractivity contribution is 6.30. The van der Waals surface area contributed by atoms with Gasteiger partial charge in [0.15, 0.2) is 13.2 Å². The molecule has 0 aromatic heterocycles. The van der Waals surface area contributed by atoms with E-state index in [0.717, 1.165) is 16.8 Å². The monoisotopic (exact) mass is 387 g/mol. The number of esters is 1. The Morgan fingerprint density at radius 1 is 0.963 bits per heavy atom. The van der Waals surface area contributed by atoms with Crippen LogP contribution in [0.3, 0.4) is 0 Å². The fourth-order valence-electron chi connectivity index (χ4n) is 2.37. The van der Waals surface area contributed by atoms with Crippen molar-refractivity contribution >= 4 is 39.9 Å². The molecule has 0 heterocycles. The van der Waals surface area contributed by atoms with E-state index in [4.69, 9.17) is 21.1 Å². The molecule has 0 saturated heterocycles. The van der Waals surface area contributed by atoms with Crippen LogP contribution in [0.15, 0.2) is 60.7 Å². The van der Waals surface area contributed by atoms with E-state index in [9.17, 15) is 14.0 Å². The molecule has 0 spiro atoms. The minimum Gasteiger partial charge on any atom is -0.482 e. The average Bonchev–Trinajstić information content (AvgIpc) is 2.67. The molecule has 0 atom stereocenters. The Balaban J connectivity index is 1.47. The van der Waals surface area contributed by atoms with Crippen LogP contribution in [0, 0.1) is 5.82 Å².